The summed E-state index contributed by atoms with van der Waals surface area (Å²) in [5.41, 5.74) is 1.38. The predicted octanol–water partition coefficient (Wildman–Crippen LogP) is 1.97. The number of carbonyl (C=O) groups excluding carboxylic acids is 2. The van der Waals surface area contributed by atoms with Crippen molar-refractivity contribution >= 4 is 34.2 Å². The predicted molar refractivity (Wildman–Crippen MR) is 125 cm³/mol. The Labute approximate surface area is 190 Å². The molecular formula is C23H27N5O3S. The number of amides is 2. The molecule has 9 heteroatoms. The molecule has 1 aliphatic rings. The van der Waals surface area contributed by atoms with Gasteiger partial charge in [0, 0.05) is 57.7 Å². The minimum atomic E-state index is -0.263. The molecule has 0 unspecified atom stereocenters. The van der Waals surface area contributed by atoms with E-state index in [2.05, 4.69) is 15.2 Å². The van der Waals surface area contributed by atoms with Crippen LogP contribution in [0.5, 0.6) is 0 Å². The van der Waals surface area contributed by atoms with Crippen LogP contribution >= 0.6 is 11.3 Å². The van der Waals surface area contributed by atoms with Gasteiger partial charge >= 0.3 is 0 Å². The summed E-state index contributed by atoms with van der Waals surface area (Å²) in [6.45, 7) is 8.27. The Balaban J connectivity index is 1.38. The van der Waals surface area contributed by atoms with E-state index in [4.69, 9.17) is 0 Å². The van der Waals surface area contributed by atoms with Crippen LogP contribution in [0.3, 0.4) is 0 Å². The molecule has 32 heavy (non-hydrogen) atoms. The largest absolute Gasteiger partial charge is 0.350 e. The molecule has 8 nitrogen and oxygen atoms in total. The normalized spacial score (nSPS) is 14.6. The van der Waals surface area contributed by atoms with Crippen LogP contribution in [-0.2, 0) is 6.54 Å². The molecular weight excluding hydrogens is 426 g/mol. The van der Waals surface area contributed by atoms with Crippen molar-refractivity contribution in [2.45, 2.75) is 20.4 Å². The summed E-state index contributed by atoms with van der Waals surface area (Å²) in [7, 11) is 0. The van der Waals surface area contributed by atoms with Gasteiger partial charge in [-0.2, -0.15) is 0 Å². The summed E-state index contributed by atoms with van der Waals surface area (Å²) >= 11 is 1.42. The van der Waals surface area contributed by atoms with Crippen LogP contribution in [0.25, 0.3) is 11.0 Å². The first-order valence-electron chi connectivity index (χ1n) is 10.8. The second-order valence-electron chi connectivity index (χ2n) is 7.85. The molecule has 1 N–H and O–H groups in total. The van der Waals surface area contributed by atoms with Crippen LogP contribution in [0.1, 0.15) is 32.6 Å². The first-order valence-corrected chi connectivity index (χ1v) is 11.7. The molecule has 3 aromatic heterocycles. The van der Waals surface area contributed by atoms with Gasteiger partial charge in [-0.1, -0.05) is 6.07 Å². The van der Waals surface area contributed by atoms with Crippen molar-refractivity contribution in [1.29, 1.82) is 0 Å². The summed E-state index contributed by atoms with van der Waals surface area (Å²) in [6, 6.07) is 7.22. The minimum Gasteiger partial charge on any atom is -0.350 e. The van der Waals surface area contributed by atoms with E-state index in [0.29, 0.717) is 55.2 Å². The lowest BCUT2D eigenvalue weighted by Gasteiger charge is -2.34. The number of rotatable bonds is 6. The Morgan fingerprint density at radius 2 is 1.94 bits per heavy atom. The van der Waals surface area contributed by atoms with Crippen molar-refractivity contribution in [3.05, 3.63) is 62.2 Å². The first-order chi connectivity index (χ1) is 15.5. The van der Waals surface area contributed by atoms with Gasteiger partial charge in [0.1, 0.15) is 11.2 Å². The van der Waals surface area contributed by atoms with E-state index in [1.54, 1.807) is 29.3 Å². The summed E-state index contributed by atoms with van der Waals surface area (Å²) in [5.74, 6) is -0.285. The van der Waals surface area contributed by atoms with Crippen molar-refractivity contribution in [2.24, 2.45) is 0 Å². The maximum Gasteiger partial charge on any atom is 0.261 e. The second kappa shape index (κ2) is 9.62. The van der Waals surface area contributed by atoms with Crippen molar-refractivity contribution in [2.75, 3.05) is 39.3 Å². The van der Waals surface area contributed by atoms with Crippen LogP contribution in [0.15, 0.2) is 40.6 Å². The van der Waals surface area contributed by atoms with Gasteiger partial charge < -0.3 is 14.8 Å². The van der Waals surface area contributed by atoms with E-state index in [1.165, 1.54) is 11.3 Å². The molecule has 0 bridgehead atoms. The Bertz CT molecular complexity index is 1180. The molecule has 0 atom stereocenters. The number of thiophene rings is 1. The molecule has 168 valence electrons. The zero-order valence-corrected chi connectivity index (χ0v) is 19.2. The van der Waals surface area contributed by atoms with Crippen molar-refractivity contribution in [3.63, 3.8) is 0 Å². The highest BCUT2D eigenvalue weighted by molar-refractivity contribution is 7.12. The van der Waals surface area contributed by atoms with E-state index < -0.39 is 0 Å². The van der Waals surface area contributed by atoms with Crippen molar-refractivity contribution in [3.8, 4) is 0 Å². The number of hydrogen-bond donors (Lipinski definition) is 1. The highest BCUT2D eigenvalue weighted by Gasteiger charge is 2.25. The maximum atomic E-state index is 13.2. The summed E-state index contributed by atoms with van der Waals surface area (Å²) < 4.78 is 1.86. The number of fused-ring (bicyclic) bond motifs is 1. The molecule has 0 saturated carbocycles. The fourth-order valence-electron chi connectivity index (χ4n) is 3.92. The highest BCUT2D eigenvalue weighted by atomic mass is 32.1. The van der Waals surface area contributed by atoms with Crippen LogP contribution in [0.2, 0.25) is 0 Å². The molecule has 1 aliphatic heterocycles. The van der Waals surface area contributed by atoms with E-state index >= 15 is 0 Å². The average molecular weight is 454 g/mol. The number of nitrogens with one attached hydrogen (secondary N) is 1. The van der Waals surface area contributed by atoms with Gasteiger partial charge in [0.05, 0.1) is 10.3 Å². The number of aromatic nitrogens is 2. The third-order valence-electron chi connectivity index (χ3n) is 5.75. The van der Waals surface area contributed by atoms with Gasteiger partial charge in [0.2, 0.25) is 5.43 Å². The van der Waals surface area contributed by atoms with Gasteiger partial charge in [-0.3, -0.25) is 19.3 Å². The number of nitrogens with zero attached hydrogens (tertiary/aromatic N) is 4. The van der Waals surface area contributed by atoms with E-state index in [9.17, 15) is 14.4 Å². The van der Waals surface area contributed by atoms with Gasteiger partial charge in [-0.05, 0) is 37.4 Å². The lowest BCUT2D eigenvalue weighted by atomic mass is 10.1. The second-order valence-corrected chi connectivity index (χ2v) is 8.80. The number of aryl methyl sites for hydroxylation is 2. The topological polar surface area (TPSA) is 87.5 Å². The summed E-state index contributed by atoms with van der Waals surface area (Å²) in [4.78, 5) is 47.4. The number of pyridine rings is 2. The standard InChI is InChI=1S/C23H27N5O3S/c1-3-27-15-18(20(29)17-7-6-16(2)25-21(17)27)23(31)28-12-10-26(11-13-28)9-8-24-22(30)19-5-4-14-32-19/h4-7,14-15H,3,8-13H2,1-2H3,(H,24,30). The molecule has 1 saturated heterocycles. The zero-order chi connectivity index (χ0) is 22.7. The first kappa shape index (κ1) is 22.2. The number of carbonyl (C=O) groups is 2. The highest BCUT2D eigenvalue weighted by Crippen LogP contribution is 2.13. The third kappa shape index (κ3) is 4.58. The average Bonchev–Trinajstić information content (AvgIpc) is 3.34. The third-order valence-corrected chi connectivity index (χ3v) is 6.62. The Kier molecular flexibility index (Phi) is 6.66. The quantitative estimate of drug-likeness (QED) is 0.617. The lowest BCUT2D eigenvalue weighted by molar-refractivity contribution is 0.0636. The van der Waals surface area contributed by atoms with Crippen LogP contribution in [0.4, 0.5) is 0 Å². The minimum absolute atomic E-state index is 0.0537. The Morgan fingerprint density at radius 3 is 2.62 bits per heavy atom. The lowest BCUT2D eigenvalue weighted by Crippen LogP contribution is -2.51. The van der Waals surface area contributed by atoms with E-state index in [0.717, 1.165) is 12.2 Å². The van der Waals surface area contributed by atoms with Gasteiger partial charge in [0.25, 0.3) is 11.8 Å². The molecule has 3 aromatic rings. The summed E-state index contributed by atoms with van der Waals surface area (Å²) in [5, 5.41) is 5.29. The number of piperazine rings is 1. The van der Waals surface area contributed by atoms with E-state index in [1.807, 2.05) is 29.9 Å². The zero-order valence-electron chi connectivity index (χ0n) is 18.3. The number of hydrogen-bond acceptors (Lipinski definition) is 6. The molecule has 1 fully saturated rings. The molecule has 0 radical (unpaired) electrons. The van der Waals surface area contributed by atoms with Crippen LogP contribution < -0.4 is 10.7 Å². The maximum absolute atomic E-state index is 13.2. The fourth-order valence-corrected chi connectivity index (χ4v) is 4.56. The fraction of sp³-hybridized carbons (Fsp3) is 0.391. The monoisotopic (exact) mass is 453 g/mol. The van der Waals surface area contributed by atoms with Crippen LogP contribution in [-0.4, -0.2) is 70.4 Å². The molecule has 0 aliphatic carbocycles. The van der Waals surface area contributed by atoms with Gasteiger partial charge in [0.15, 0.2) is 0 Å². The molecule has 4 rings (SSSR count). The Hall–Kier alpha value is -3.04. The van der Waals surface area contributed by atoms with Gasteiger partial charge in [-0.25, -0.2) is 4.98 Å². The smallest absolute Gasteiger partial charge is 0.261 e. The van der Waals surface area contributed by atoms with Crippen molar-refractivity contribution < 1.29 is 9.59 Å². The molecule has 0 aromatic carbocycles. The summed E-state index contributed by atoms with van der Waals surface area (Å²) in [6.07, 6.45) is 1.64. The molecule has 4 heterocycles. The van der Waals surface area contributed by atoms with Crippen molar-refractivity contribution in [1.82, 2.24) is 24.7 Å². The SMILES string of the molecule is CCn1cc(C(=O)N2CCN(CCNC(=O)c3cccs3)CC2)c(=O)c2ccc(C)nc21. The molecule has 2 amide bonds. The molecule has 0 spiro atoms. The van der Waals surface area contributed by atoms with E-state index in [-0.39, 0.29) is 22.8 Å². The Morgan fingerprint density at radius 1 is 1.16 bits per heavy atom. The van der Waals surface area contributed by atoms with Crippen LogP contribution in [0, 0.1) is 6.92 Å². The van der Waals surface area contributed by atoms with Gasteiger partial charge in [-0.15, -0.1) is 11.3 Å².